The first-order valence-electron chi connectivity index (χ1n) is 6.72. The lowest BCUT2D eigenvalue weighted by Crippen LogP contribution is -2.46. The van der Waals surface area contributed by atoms with Crippen molar-refractivity contribution in [3.05, 3.63) is 29.3 Å². The Kier molecular flexibility index (Phi) is 2.96. The molecule has 0 aromatic heterocycles. The van der Waals surface area contributed by atoms with Crippen LogP contribution < -0.4 is 10.1 Å². The molecule has 2 atom stereocenters. The zero-order valence-corrected chi connectivity index (χ0v) is 11.0. The highest BCUT2D eigenvalue weighted by Crippen LogP contribution is 2.41. The predicted molar refractivity (Wildman–Crippen MR) is 70.8 cm³/mol. The zero-order valence-electron chi connectivity index (χ0n) is 11.0. The topological polar surface area (TPSA) is 65.3 Å². The average molecular weight is 258 g/mol. The molecule has 1 aromatic carbocycles. The van der Waals surface area contributed by atoms with Crippen molar-refractivity contribution in [2.24, 2.45) is 0 Å². The van der Waals surface area contributed by atoms with Gasteiger partial charge in [0.1, 0.15) is 11.8 Å². The monoisotopic (exact) mass is 258 g/mol. The third kappa shape index (κ3) is 2.09. The summed E-state index contributed by atoms with van der Waals surface area (Å²) in [6, 6.07) is 8.35. The van der Waals surface area contributed by atoms with Crippen molar-refractivity contribution in [1.82, 2.24) is 5.32 Å². The second-order valence-corrected chi connectivity index (χ2v) is 5.60. The molecule has 4 nitrogen and oxygen atoms in total. The zero-order chi connectivity index (χ0) is 13.5. The Hall–Kier alpha value is -1.57. The van der Waals surface area contributed by atoms with Gasteiger partial charge in [-0.1, -0.05) is 6.07 Å². The highest BCUT2D eigenvalue weighted by atomic mass is 16.5. The van der Waals surface area contributed by atoms with Gasteiger partial charge in [0.05, 0.1) is 18.3 Å². The van der Waals surface area contributed by atoms with E-state index in [1.165, 1.54) is 0 Å². The number of aliphatic hydroxyl groups is 1. The van der Waals surface area contributed by atoms with Gasteiger partial charge < -0.3 is 15.2 Å². The third-order valence-corrected chi connectivity index (χ3v) is 4.36. The van der Waals surface area contributed by atoms with Crippen LogP contribution in [0.2, 0.25) is 0 Å². The molecule has 4 heteroatoms. The SMILES string of the molecule is COc1ccc(C2(O)CC3CCC(C2)N3)cc1C#N. The van der Waals surface area contributed by atoms with Crippen molar-refractivity contribution in [3.63, 3.8) is 0 Å². The maximum atomic E-state index is 10.9. The molecule has 0 aliphatic carbocycles. The first kappa shape index (κ1) is 12.5. The van der Waals surface area contributed by atoms with E-state index in [4.69, 9.17) is 10.00 Å². The summed E-state index contributed by atoms with van der Waals surface area (Å²) in [6.45, 7) is 0. The highest BCUT2D eigenvalue weighted by Gasteiger charge is 2.43. The van der Waals surface area contributed by atoms with Gasteiger partial charge >= 0.3 is 0 Å². The number of nitrogens with zero attached hydrogens (tertiary/aromatic N) is 1. The van der Waals surface area contributed by atoms with E-state index in [1.807, 2.05) is 6.07 Å². The first-order chi connectivity index (χ1) is 9.14. The van der Waals surface area contributed by atoms with Gasteiger partial charge in [-0.05, 0) is 43.4 Å². The number of hydrogen-bond donors (Lipinski definition) is 2. The van der Waals surface area contributed by atoms with Crippen molar-refractivity contribution in [2.75, 3.05) is 7.11 Å². The number of rotatable bonds is 2. The average Bonchev–Trinajstić information content (AvgIpc) is 2.77. The summed E-state index contributed by atoms with van der Waals surface area (Å²) in [5.74, 6) is 0.562. The fraction of sp³-hybridized carbons (Fsp3) is 0.533. The summed E-state index contributed by atoms with van der Waals surface area (Å²) in [4.78, 5) is 0. The van der Waals surface area contributed by atoms with Gasteiger partial charge in [0.2, 0.25) is 0 Å². The smallest absolute Gasteiger partial charge is 0.136 e. The van der Waals surface area contributed by atoms with Crippen LogP contribution in [-0.4, -0.2) is 24.3 Å². The Labute approximate surface area is 113 Å². The van der Waals surface area contributed by atoms with Crippen molar-refractivity contribution in [3.8, 4) is 11.8 Å². The van der Waals surface area contributed by atoms with E-state index in [2.05, 4.69) is 11.4 Å². The van der Waals surface area contributed by atoms with Crippen LogP contribution in [0.15, 0.2) is 18.2 Å². The van der Waals surface area contributed by atoms with Gasteiger partial charge in [-0.2, -0.15) is 5.26 Å². The summed E-state index contributed by atoms with van der Waals surface area (Å²) in [5.41, 5.74) is 0.511. The molecule has 2 saturated heterocycles. The Morgan fingerprint density at radius 1 is 1.37 bits per heavy atom. The van der Waals surface area contributed by atoms with Gasteiger partial charge in [0.15, 0.2) is 0 Å². The van der Waals surface area contributed by atoms with E-state index in [1.54, 1.807) is 19.2 Å². The van der Waals surface area contributed by atoms with Crippen LogP contribution >= 0.6 is 0 Å². The van der Waals surface area contributed by atoms with Crippen molar-refractivity contribution < 1.29 is 9.84 Å². The molecule has 0 radical (unpaired) electrons. The molecule has 19 heavy (non-hydrogen) atoms. The standard InChI is InChI=1S/C15H18N2O2/c1-19-14-5-2-11(6-10(14)9-16)15(18)7-12-3-4-13(8-15)17-12/h2,5-6,12-13,17-18H,3-4,7-8H2,1H3. The molecule has 2 fully saturated rings. The Morgan fingerprint density at radius 2 is 2.05 bits per heavy atom. The molecule has 2 N–H and O–H groups in total. The second kappa shape index (κ2) is 4.52. The lowest BCUT2D eigenvalue weighted by molar-refractivity contribution is -0.0115. The predicted octanol–water partition coefficient (Wildman–Crippen LogP) is 1.67. The minimum Gasteiger partial charge on any atom is -0.495 e. The summed E-state index contributed by atoms with van der Waals surface area (Å²) in [5, 5.41) is 23.6. The molecule has 1 aromatic rings. The van der Waals surface area contributed by atoms with Crippen LogP contribution in [0.5, 0.6) is 5.75 Å². The van der Waals surface area contributed by atoms with Crippen molar-refractivity contribution >= 4 is 0 Å². The minimum absolute atomic E-state index is 0.399. The molecule has 2 aliphatic rings. The first-order valence-corrected chi connectivity index (χ1v) is 6.72. The Morgan fingerprint density at radius 3 is 2.63 bits per heavy atom. The number of nitrogens with one attached hydrogen (secondary N) is 1. The molecular formula is C15H18N2O2. The lowest BCUT2D eigenvalue weighted by Gasteiger charge is -2.37. The molecule has 3 rings (SSSR count). The summed E-state index contributed by atoms with van der Waals surface area (Å²) in [6.07, 6.45) is 3.71. The lowest BCUT2D eigenvalue weighted by atomic mass is 9.81. The number of ether oxygens (including phenoxy) is 1. The van der Waals surface area contributed by atoms with Crippen molar-refractivity contribution in [1.29, 1.82) is 5.26 Å². The van der Waals surface area contributed by atoms with Gasteiger partial charge in [0, 0.05) is 12.1 Å². The quantitative estimate of drug-likeness (QED) is 0.847. The van der Waals surface area contributed by atoms with Crippen LogP contribution in [-0.2, 0) is 5.60 Å². The third-order valence-electron chi connectivity index (χ3n) is 4.36. The number of nitriles is 1. The molecule has 0 spiro atoms. The fourth-order valence-electron chi connectivity index (χ4n) is 3.44. The van der Waals surface area contributed by atoms with E-state index < -0.39 is 5.60 Å². The van der Waals surface area contributed by atoms with Crippen LogP contribution in [0, 0.1) is 11.3 Å². The van der Waals surface area contributed by atoms with Gasteiger partial charge in [-0.15, -0.1) is 0 Å². The number of fused-ring (bicyclic) bond motifs is 2. The summed E-state index contributed by atoms with van der Waals surface area (Å²) >= 11 is 0. The molecule has 2 bridgehead atoms. The van der Waals surface area contributed by atoms with E-state index >= 15 is 0 Å². The molecule has 2 unspecified atom stereocenters. The molecule has 100 valence electrons. The van der Waals surface area contributed by atoms with Crippen LogP contribution in [0.1, 0.15) is 36.8 Å². The largest absolute Gasteiger partial charge is 0.495 e. The van der Waals surface area contributed by atoms with Crippen LogP contribution in [0.4, 0.5) is 0 Å². The Bertz CT molecular complexity index is 523. The summed E-state index contributed by atoms with van der Waals surface area (Å²) < 4.78 is 5.15. The van der Waals surface area contributed by atoms with E-state index in [0.29, 0.717) is 23.4 Å². The normalized spacial score (nSPS) is 32.9. The van der Waals surface area contributed by atoms with E-state index in [0.717, 1.165) is 31.2 Å². The highest BCUT2D eigenvalue weighted by molar-refractivity contribution is 5.47. The van der Waals surface area contributed by atoms with Gasteiger partial charge in [-0.3, -0.25) is 0 Å². The van der Waals surface area contributed by atoms with E-state index in [-0.39, 0.29) is 0 Å². The Balaban J connectivity index is 1.95. The van der Waals surface area contributed by atoms with Gasteiger partial charge in [0.25, 0.3) is 0 Å². The second-order valence-electron chi connectivity index (χ2n) is 5.60. The molecule has 0 amide bonds. The molecule has 2 heterocycles. The number of hydrogen-bond acceptors (Lipinski definition) is 4. The van der Waals surface area contributed by atoms with Crippen molar-refractivity contribution in [2.45, 2.75) is 43.4 Å². The molecular weight excluding hydrogens is 240 g/mol. The number of methoxy groups -OCH3 is 1. The number of piperidine rings is 1. The van der Waals surface area contributed by atoms with E-state index in [9.17, 15) is 5.11 Å². The maximum Gasteiger partial charge on any atom is 0.136 e. The molecule has 0 saturated carbocycles. The summed E-state index contributed by atoms with van der Waals surface area (Å²) in [7, 11) is 1.55. The fourth-order valence-corrected chi connectivity index (χ4v) is 3.44. The molecule has 2 aliphatic heterocycles. The number of benzene rings is 1. The van der Waals surface area contributed by atoms with Crippen LogP contribution in [0.25, 0.3) is 0 Å². The van der Waals surface area contributed by atoms with Gasteiger partial charge in [-0.25, -0.2) is 0 Å². The maximum absolute atomic E-state index is 10.9. The minimum atomic E-state index is -0.811. The van der Waals surface area contributed by atoms with Crippen LogP contribution in [0.3, 0.4) is 0 Å².